The molecule has 492 valence electrons. The maximum Gasteiger partial charge on any atom is 0.408 e. The summed E-state index contributed by atoms with van der Waals surface area (Å²) in [7, 11) is 0. The van der Waals surface area contributed by atoms with Crippen LogP contribution >= 0.6 is 39.1 Å². The van der Waals surface area contributed by atoms with Crippen LogP contribution in [0.4, 0.5) is 4.79 Å². The van der Waals surface area contributed by atoms with Crippen LogP contribution in [0.25, 0.3) is 11.1 Å². The van der Waals surface area contributed by atoms with Gasteiger partial charge in [0.15, 0.2) is 29.0 Å². The molecule has 0 saturated heterocycles. The number of alkyl halides is 1. The highest BCUT2D eigenvalue weighted by Crippen LogP contribution is 2.48. The number of amides is 7. The number of nitrogens with one attached hydrogen (secondary N) is 7. The Hall–Kier alpha value is -10.7. The van der Waals surface area contributed by atoms with Gasteiger partial charge in [0.25, 0.3) is 0 Å². The molecule has 7 aromatic carbocycles. The number of phenolic OH excluding ortho intramolecular Hbond substituents is 6. The Bertz CT molecular complexity index is 4360. The lowest BCUT2D eigenvalue weighted by Gasteiger charge is -2.31. The van der Waals surface area contributed by atoms with E-state index in [1.807, 2.05) is 0 Å². The van der Waals surface area contributed by atoms with Crippen molar-refractivity contribution in [3.63, 3.8) is 0 Å². The molecule has 7 amide bonds. The first-order chi connectivity index (χ1) is 45.1. The van der Waals surface area contributed by atoms with Gasteiger partial charge < -0.3 is 96.6 Å². The molecule has 0 unspecified atom stereocenters. The van der Waals surface area contributed by atoms with E-state index in [-0.39, 0.29) is 89.5 Å². The Labute approximate surface area is 556 Å². The number of rotatable bonds is 4. The lowest BCUT2D eigenvalue weighted by Crippen LogP contribution is -2.55. The van der Waals surface area contributed by atoms with Crippen LogP contribution in [0.1, 0.15) is 96.0 Å². The third kappa shape index (κ3) is 14.0. The van der Waals surface area contributed by atoms with Crippen molar-refractivity contribution in [2.75, 3.05) is 11.9 Å². The number of hydrogen-bond acceptors (Lipinski definition) is 20. The molecule has 6 aliphatic rings. The summed E-state index contributed by atoms with van der Waals surface area (Å²) in [5.74, 6) is -14.7. The topological polar surface area (TPSA) is 409 Å². The van der Waals surface area contributed by atoms with Crippen molar-refractivity contribution >= 4 is 86.6 Å². The van der Waals surface area contributed by atoms with Gasteiger partial charge in [-0.25, -0.2) is 9.59 Å². The standard InChI is InChI=1S/C65H56BrCl2N7O20/c1-65(2,3)95-64(90)75-50-28-6-9-41(79)45(20-28)92-34-17-30(16-32(76)23-34)51-60(86)72-52-31-21-46(93-43-10-4-26(14-37(43)67)15-39(57(83)70-51)69-58(50)84)56(82)47(22-31)94-44-11-7-29(19-38(44)68)55(81)54-62(88)73-53(63(89)91-13-12-66)36-24-33(77)25-42(80)48(36)35-18-27(5-8-40(35)78)49(59(85)74-54)71-61(52)87/h4-11,14,16-25,39,49-55,76-82H,12-13,15H2,1-3H3,(H,69,84)(H,70,83)(H,71,87)(H,72,86)(H,73,88)(H,74,85)(H,75,90)/t39-,49-,50+,51+,52-,53+,54+,55-/m1/s1. The number of hydrogen-bond donors (Lipinski definition) is 14. The van der Waals surface area contributed by atoms with Crippen LogP contribution in [0.5, 0.6) is 69.0 Å². The van der Waals surface area contributed by atoms with Crippen LogP contribution in [0.15, 0.2) is 115 Å². The predicted molar refractivity (Wildman–Crippen MR) is 337 cm³/mol. The van der Waals surface area contributed by atoms with Gasteiger partial charge in [0, 0.05) is 40.6 Å². The number of benzene rings is 7. The molecule has 0 spiro atoms. The second-order valence-electron chi connectivity index (χ2n) is 23.2. The number of alkyl carbamates (subject to hydrolysis) is 1. The summed E-state index contributed by atoms with van der Waals surface area (Å²) in [4.78, 5) is 120. The van der Waals surface area contributed by atoms with Crippen LogP contribution < -0.4 is 51.4 Å². The number of aliphatic hydroxyl groups excluding tert-OH is 1. The zero-order valence-electron chi connectivity index (χ0n) is 49.8. The molecule has 14 N–H and O–H groups in total. The SMILES string of the molecule is CC(C)(C)OC(=O)N[C@@H]1C(=O)N[C@@H]2Cc3ccc(c(Cl)c3)Oc3cc4cc(c3O)Oc3ccc(cc3Cl)[C@@H](O)[C@@H]3NC(=O)[C@H](NC(=O)[C@@H]4NC(=O)[C@@H](NC2=O)c2cc(O)cc(c2)Oc2cc1ccc2O)c1ccc(O)c(c1)-c1c(O)cc(O)cc1[C@@H](C(=O)OCCBr)NC3=O. The molecule has 27 nitrogen and oxygen atoms in total. The molecule has 0 saturated carbocycles. The first-order valence-electron chi connectivity index (χ1n) is 28.9. The van der Waals surface area contributed by atoms with Crippen molar-refractivity contribution in [3.05, 3.63) is 164 Å². The van der Waals surface area contributed by atoms with Gasteiger partial charge in [-0.3, -0.25) is 28.8 Å². The Morgan fingerprint density at radius 3 is 1.82 bits per heavy atom. The molecule has 7 aromatic rings. The summed E-state index contributed by atoms with van der Waals surface area (Å²) in [6, 6.07) is 7.98. The summed E-state index contributed by atoms with van der Waals surface area (Å²) in [6.07, 6.45) is -3.63. The zero-order valence-corrected chi connectivity index (χ0v) is 52.9. The summed E-state index contributed by atoms with van der Waals surface area (Å²) < 4.78 is 29.5. The summed E-state index contributed by atoms with van der Waals surface area (Å²) in [6.45, 7) is 4.45. The number of ether oxygens (including phenoxy) is 5. The van der Waals surface area contributed by atoms with Gasteiger partial charge in [-0.05, 0) is 133 Å². The summed E-state index contributed by atoms with van der Waals surface area (Å²) in [5, 5.41) is 98.7. The number of phenols is 6. The lowest BCUT2D eigenvalue weighted by molar-refractivity contribution is -0.148. The third-order valence-electron chi connectivity index (χ3n) is 15.4. The summed E-state index contributed by atoms with van der Waals surface area (Å²) in [5.41, 5.74) is -3.04. The minimum absolute atomic E-state index is 0.00534. The molecular weight excluding hydrogens is 1350 g/mol. The molecule has 13 rings (SSSR count). The number of aliphatic hydroxyl groups is 1. The second kappa shape index (κ2) is 26.4. The molecular formula is C65H56BrCl2N7O20. The quantitative estimate of drug-likeness (QED) is 0.0602. The van der Waals surface area contributed by atoms with Crippen LogP contribution in [0, 0.1) is 0 Å². The largest absolute Gasteiger partial charge is 0.508 e. The molecule has 6 heterocycles. The number of carbonyl (C=O) groups is 8. The van der Waals surface area contributed by atoms with E-state index in [0.29, 0.717) is 0 Å². The minimum Gasteiger partial charge on any atom is -0.508 e. The molecule has 8 atom stereocenters. The highest BCUT2D eigenvalue weighted by atomic mass is 79.9. The van der Waals surface area contributed by atoms with Crippen LogP contribution in [0.2, 0.25) is 10.0 Å². The molecule has 0 aliphatic carbocycles. The maximum atomic E-state index is 15.9. The zero-order chi connectivity index (χ0) is 68.1. The average molecular weight is 1410 g/mol. The Kier molecular flexibility index (Phi) is 18.3. The molecule has 6 aliphatic heterocycles. The van der Waals surface area contributed by atoms with Crippen LogP contribution in [0.3, 0.4) is 0 Å². The van der Waals surface area contributed by atoms with Gasteiger partial charge >= 0.3 is 12.1 Å². The first-order valence-corrected chi connectivity index (χ1v) is 30.7. The Morgan fingerprint density at radius 1 is 0.568 bits per heavy atom. The molecule has 30 heteroatoms. The van der Waals surface area contributed by atoms with Crippen LogP contribution in [-0.4, -0.2) is 113 Å². The number of halogens is 3. The number of carbonyl (C=O) groups excluding carboxylic acids is 8. The Balaban J connectivity index is 1.12. The van der Waals surface area contributed by atoms with E-state index in [9.17, 15) is 54.9 Å². The van der Waals surface area contributed by atoms with Gasteiger partial charge in [0.2, 0.25) is 41.2 Å². The van der Waals surface area contributed by atoms with Crippen LogP contribution in [-0.2, 0) is 49.5 Å². The van der Waals surface area contributed by atoms with E-state index < -0.39 is 159 Å². The summed E-state index contributed by atoms with van der Waals surface area (Å²) >= 11 is 17.0. The predicted octanol–water partition coefficient (Wildman–Crippen LogP) is 7.40. The molecule has 17 bridgehead atoms. The highest BCUT2D eigenvalue weighted by molar-refractivity contribution is 9.09. The highest BCUT2D eigenvalue weighted by Gasteiger charge is 2.42. The fourth-order valence-corrected chi connectivity index (χ4v) is 11.6. The monoisotopic (exact) mass is 1400 g/mol. The van der Waals surface area contributed by atoms with E-state index in [1.54, 1.807) is 20.8 Å². The van der Waals surface area contributed by atoms with Crippen molar-refractivity contribution in [1.29, 1.82) is 0 Å². The van der Waals surface area contributed by atoms with E-state index in [0.717, 1.165) is 66.7 Å². The average Bonchev–Trinajstić information content (AvgIpc) is 0.773. The lowest BCUT2D eigenvalue weighted by atomic mass is 9.89. The van der Waals surface area contributed by atoms with Gasteiger partial charge in [0.05, 0.1) is 10.0 Å². The maximum absolute atomic E-state index is 15.9. The number of fused-ring (bicyclic) bond motifs is 14. The van der Waals surface area contributed by atoms with Crippen molar-refractivity contribution < 1.29 is 97.8 Å². The Morgan fingerprint density at radius 2 is 1.16 bits per heavy atom. The van der Waals surface area contributed by atoms with Gasteiger partial charge in [-0.2, -0.15) is 0 Å². The third-order valence-corrected chi connectivity index (χ3v) is 16.3. The number of esters is 1. The number of aromatic hydroxyl groups is 6. The van der Waals surface area contributed by atoms with Crippen molar-refractivity contribution in [2.24, 2.45) is 0 Å². The van der Waals surface area contributed by atoms with Crippen molar-refractivity contribution in [1.82, 2.24) is 37.2 Å². The fourth-order valence-electron chi connectivity index (χ4n) is 11.0. The molecule has 0 aromatic heterocycles. The van der Waals surface area contributed by atoms with Gasteiger partial charge in [-0.1, -0.05) is 63.4 Å². The minimum atomic E-state index is -2.20. The molecule has 0 fully saturated rings. The molecule has 95 heavy (non-hydrogen) atoms. The van der Waals surface area contributed by atoms with Gasteiger partial charge in [0.1, 0.15) is 94.8 Å². The van der Waals surface area contributed by atoms with E-state index in [2.05, 4.69) is 53.1 Å². The normalized spacial score (nSPS) is 21.0. The van der Waals surface area contributed by atoms with E-state index in [4.69, 9.17) is 46.9 Å². The fraction of sp³-hybridized carbons (Fsp3) is 0.231. The molecule has 0 radical (unpaired) electrons. The van der Waals surface area contributed by atoms with Crippen molar-refractivity contribution in [2.45, 2.75) is 81.2 Å². The smallest absolute Gasteiger partial charge is 0.408 e. The van der Waals surface area contributed by atoms with Gasteiger partial charge in [-0.15, -0.1) is 0 Å². The first kappa shape index (κ1) is 65.8. The van der Waals surface area contributed by atoms with E-state index >= 15 is 19.2 Å². The van der Waals surface area contributed by atoms with Crippen molar-refractivity contribution in [3.8, 4) is 80.1 Å². The second-order valence-corrected chi connectivity index (χ2v) is 24.8. The van der Waals surface area contributed by atoms with E-state index in [1.165, 1.54) is 48.5 Å².